The molecule has 0 saturated carbocycles. The van der Waals surface area contributed by atoms with Crippen LogP contribution in [0, 0.1) is 0 Å². The van der Waals surface area contributed by atoms with Crippen LogP contribution in [0.3, 0.4) is 0 Å². The summed E-state index contributed by atoms with van der Waals surface area (Å²) < 4.78 is 0. The minimum Gasteiger partial charge on any atom is -0.508 e. The second-order valence-corrected chi connectivity index (χ2v) is 3.82. The second kappa shape index (κ2) is 4.28. The summed E-state index contributed by atoms with van der Waals surface area (Å²) in [4.78, 5) is 13.7. The molecule has 2 rings (SSSR count). The number of isocyanates is 1. The number of benzene rings is 1. The first kappa shape index (κ1) is 9.94. The van der Waals surface area contributed by atoms with Crippen LogP contribution in [0.4, 0.5) is 0 Å². The van der Waals surface area contributed by atoms with Gasteiger partial charge in [0.2, 0.25) is 6.08 Å². The molecular weight excluding hydrogens is 190 g/mol. The number of rotatable bonds is 2. The van der Waals surface area contributed by atoms with E-state index in [1.165, 1.54) is 5.56 Å². The molecule has 15 heavy (non-hydrogen) atoms. The lowest BCUT2D eigenvalue weighted by Gasteiger charge is -2.19. The zero-order valence-electron chi connectivity index (χ0n) is 8.49. The van der Waals surface area contributed by atoms with Crippen molar-refractivity contribution >= 4 is 6.08 Å². The van der Waals surface area contributed by atoms with E-state index in [1.807, 2.05) is 6.07 Å². The molecule has 0 atom stereocenters. The summed E-state index contributed by atoms with van der Waals surface area (Å²) in [5.74, 6) is 0.378. The number of nitrogens with zero attached hydrogens (tertiary/aromatic N) is 1. The highest BCUT2D eigenvalue weighted by Crippen LogP contribution is 2.31. The quantitative estimate of drug-likeness (QED) is 0.591. The van der Waals surface area contributed by atoms with Gasteiger partial charge in [-0.15, -0.1) is 0 Å². The minimum atomic E-state index is 0.378. The van der Waals surface area contributed by atoms with E-state index in [0.29, 0.717) is 12.3 Å². The normalized spacial score (nSPS) is 14.1. The average Bonchev–Trinajstić information content (AvgIpc) is 2.29. The molecule has 0 fully saturated rings. The summed E-state index contributed by atoms with van der Waals surface area (Å²) in [6, 6.07) is 3.54. The third kappa shape index (κ3) is 1.92. The van der Waals surface area contributed by atoms with Crippen molar-refractivity contribution in [3.05, 3.63) is 28.8 Å². The summed E-state index contributed by atoms with van der Waals surface area (Å²) in [7, 11) is 0. The molecule has 1 aromatic rings. The van der Waals surface area contributed by atoms with Crippen molar-refractivity contribution in [1.82, 2.24) is 0 Å². The van der Waals surface area contributed by atoms with Crippen LogP contribution in [0.5, 0.6) is 5.75 Å². The summed E-state index contributed by atoms with van der Waals surface area (Å²) in [6.45, 7) is 0.381. The molecule has 0 radical (unpaired) electrons. The van der Waals surface area contributed by atoms with Gasteiger partial charge in [-0.3, -0.25) is 0 Å². The van der Waals surface area contributed by atoms with E-state index in [0.717, 1.165) is 36.8 Å². The van der Waals surface area contributed by atoms with E-state index >= 15 is 0 Å². The maximum Gasteiger partial charge on any atom is 0.235 e. The maximum absolute atomic E-state index is 10.1. The molecule has 0 unspecified atom stereocenters. The molecule has 1 aliphatic carbocycles. The number of aliphatic imine (C=N–C) groups is 1. The van der Waals surface area contributed by atoms with Crippen molar-refractivity contribution in [2.24, 2.45) is 4.99 Å². The van der Waals surface area contributed by atoms with Gasteiger partial charge in [-0.05, 0) is 48.4 Å². The number of phenolic OH excluding ortho intramolecular Hbond substituents is 1. The van der Waals surface area contributed by atoms with Gasteiger partial charge in [-0.2, -0.15) is 0 Å². The number of fused-ring (bicyclic) bond motifs is 1. The van der Waals surface area contributed by atoms with Gasteiger partial charge >= 0.3 is 0 Å². The molecule has 0 aromatic heterocycles. The van der Waals surface area contributed by atoms with Crippen molar-refractivity contribution < 1.29 is 9.90 Å². The summed E-state index contributed by atoms with van der Waals surface area (Å²) in [5, 5.41) is 9.70. The van der Waals surface area contributed by atoms with E-state index in [-0.39, 0.29) is 0 Å². The minimum absolute atomic E-state index is 0.378. The highest BCUT2D eigenvalue weighted by molar-refractivity contribution is 5.46. The maximum atomic E-state index is 10.1. The third-order valence-electron chi connectivity index (χ3n) is 2.92. The summed E-state index contributed by atoms with van der Waals surface area (Å²) in [6.07, 6.45) is 5.73. The number of hydrogen-bond acceptors (Lipinski definition) is 3. The van der Waals surface area contributed by atoms with Crippen LogP contribution < -0.4 is 0 Å². The lowest BCUT2D eigenvalue weighted by Crippen LogP contribution is -2.06. The van der Waals surface area contributed by atoms with Crippen LogP contribution >= 0.6 is 0 Å². The topological polar surface area (TPSA) is 49.7 Å². The molecule has 0 amide bonds. The SMILES string of the molecule is O=C=NCc1ccc(O)c2c1CCCC2. The molecular formula is C12H13NO2. The van der Waals surface area contributed by atoms with Crippen LogP contribution in [0.25, 0.3) is 0 Å². The second-order valence-electron chi connectivity index (χ2n) is 3.82. The van der Waals surface area contributed by atoms with E-state index < -0.39 is 0 Å². The van der Waals surface area contributed by atoms with Gasteiger partial charge < -0.3 is 5.11 Å². The first-order valence-corrected chi connectivity index (χ1v) is 5.19. The Labute approximate surface area is 88.5 Å². The molecule has 0 saturated heterocycles. The van der Waals surface area contributed by atoms with Gasteiger partial charge in [0.15, 0.2) is 0 Å². The van der Waals surface area contributed by atoms with Crippen LogP contribution in [0.1, 0.15) is 29.5 Å². The monoisotopic (exact) mass is 203 g/mol. The molecule has 3 heteroatoms. The van der Waals surface area contributed by atoms with E-state index in [4.69, 9.17) is 0 Å². The number of phenols is 1. The lowest BCUT2D eigenvalue weighted by atomic mass is 9.87. The largest absolute Gasteiger partial charge is 0.508 e. The van der Waals surface area contributed by atoms with Gasteiger partial charge in [0.1, 0.15) is 5.75 Å². The Kier molecular flexibility index (Phi) is 2.84. The molecule has 0 bridgehead atoms. The predicted octanol–water partition coefficient (Wildman–Crippen LogP) is 2.11. The van der Waals surface area contributed by atoms with Gasteiger partial charge in [-0.25, -0.2) is 9.79 Å². The number of hydrogen-bond donors (Lipinski definition) is 1. The Balaban J connectivity index is 2.42. The molecule has 1 aliphatic rings. The Morgan fingerprint density at radius 3 is 2.73 bits per heavy atom. The molecule has 78 valence electrons. The van der Waals surface area contributed by atoms with Crippen LogP contribution in [-0.4, -0.2) is 11.2 Å². The fourth-order valence-corrected chi connectivity index (χ4v) is 2.19. The van der Waals surface area contributed by atoms with Crippen LogP contribution in [-0.2, 0) is 24.2 Å². The fraction of sp³-hybridized carbons (Fsp3) is 0.417. The van der Waals surface area contributed by atoms with Crippen molar-refractivity contribution in [2.45, 2.75) is 32.2 Å². The number of aromatic hydroxyl groups is 1. The molecule has 1 aromatic carbocycles. The van der Waals surface area contributed by atoms with E-state index in [1.54, 1.807) is 12.1 Å². The third-order valence-corrected chi connectivity index (χ3v) is 2.92. The zero-order valence-corrected chi connectivity index (χ0v) is 8.49. The van der Waals surface area contributed by atoms with Crippen molar-refractivity contribution in [3.8, 4) is 5.75 Å². The van der Waals surface area contributed by atoms with Crippen molar-refractivity contribution in [2.75, 3.05) is 0 Å². The first-order valence-electron chi connectivity index (χ1n) is 5.19. The van der Waals surface area contributed by atoms with Gasteiger partial charge in [-0.1, -0.05) is 6.07 Å². The summed E-state index contributed by atoms with van der Waals surface area (Å²) >= 11 is 0. The van der Waals surface area contributed by atoms with Gasteiger partial charge in [0, 0.05) is 0 Å². The Hall–Kier alpha value is -1.60. The smallest absolute Gasteiger partial charge is 0.235 e. The summed E-state index contributed by atoms with van der Waals surface area (Å²) in [5.41, 5.74) is 3.27. The van der Waals surface area contributed by atoms with Gasteiger partial charge in [0.05, 0.1) is 6.54 Å². The Morgan fingerprint density at radius 2 is 2.00 bits per heavy atom. The Bertz CT molecular complexity index is 420. The lowest BCUT2D eigenvalue weighted by molar-refractivity contribution is 0.461. The zero-order chi connectivity index (χ0) is 10.7. The molecule has 1 N–H and O–H groups in total. The molecule has 0 aliphatic heterocycles. The van der Waals surface area contributed by atoms with E-state index in [2.05, 4.69) is 4.99 Å². The molecule has 3 nitrogen and oxygen atoms in total. The van der Waals surface area contributed by atoms with Gasteiger partial charge in [0.25, 0.3) is 0 Å². The highest BCUT2D eigenvalue weighted by atomic mass is 16.3. The number of carbonyl (C=O) groups excluding carboxylic acids is 1. The Morgan fingerprint density at radius 1 is 1.27 bits per heavy atom. The van der Waals surface area contributed by atoms with Crippen molar-refractivity contribution in [3.63, 3.8) is 0 Å². The molecule has 0 heterocycles. The molecule has 0 spiro atoms. The van der Waals surface area contributed by atoms with Crippen LogP contribution in [0.15, 0.2) is 17.1 Å². The standard InChI is InChI=1S/C12H13NO2/c14-8-13-7-9-5-6-12(15)11-4-2-1-3-10(9)11/h5-6,15H,1-4,7H2. The first-order chi connectivity index (χ1) is 7.33. The van der Waals surface area contributed by atoms with E-state index in [9.17, 15) is 9.90 Å². The fourth-order valence-electron chi connectivity index (χ4n) is 2.19. The average molecular weight is 203 g/mol. The predicted molar refractivity (Wildman–Crippen MR) is 56.6 cm³/mol. The van der Waals surface area contributed by atoms with Crippen LogP contribution in [0.2, 0.25) is 0 Å². The highest BCUT2D eigenvalue weighted by Gasteiger charge is 2.16. The van der Waals surface area contributed by atoms with Crippen molar-refractivity contribution in [1.29, 1.82) is 0 Å².